The number of carboxylic acid groups (broad SMARTS) is 1. The minimum Gasteiger partial charge on any atom is -0.484 e. The minimum atomic E-state index is -0.995. The molecule has 0 radical (unpaired) electrons. The van der Waals surface area contributed by atoms with Crippen LogP contribution in [0, 0.1) is 5.41 Å². The zero-order valence-electron chi connectivity index (χ0n) is 20.7. The van der Waals surface area contributed by atoms with Crippen molar-refractivity contribution in [3.05, 3.63) is 29.8 Å². The number of carbonyl (C=O) groups is 4. The predicted octanol–water partition coefficient (Wildman–Crippen LogP) is 1.73. The van der Waals surface area contributed by atoms with Crippen molar-refractivity contribution in [3.63, 3.8) is 0 Å². The van der Waals surface area contributed by atoms with Gasteiger partial charge < -0.3 is 30.5 Å². The summed E-state index contributed by atoms with van der Waals surface area (Å²) in [5, 5.41) is 17.3. The van der Waals surface area contributed by atoms with Crippen molar-refractivity contribution in [2.75, 3.05) is 32.8 Å². The van der Waals surface area contributed by atoms with Crippen LogP contribution in [0.5, 0.6) is 5.75 Å². The Hall–Kier alpha value is -3.14. The molecule has 0 unspecified atom stereocenters. The molecule has 0 saturated heterocycles. The molecule has 0 aliphatic heterocycles. The third-order valence-electron chi connectivity index (χ3n) is 4.97. The largest absolute Gasteiger partial charge is 0.484 e. The summed E-state index contributed by atoms with van der Waals surface area (Å²) in [4.78, 5) is 46.7. The van der Waals surface area contributed by atoms with E-state index in [4.69, 9.17) is 9.47 Å². The topological polar surface area (TPSA) is 143 Å². The summed E-state index contributed by atoms with van der Waals surface area (Å²) < 4.78 is 11.2. The third kappa shape index (κ3) is 11.1. The number of benzene rings is 1. The van der Waals surface area contributed by atoms with Crippen LogP contribution in [-0.4, -0.2) is 67.2 Å². The lowest BCUT2D eigenvalue weighted by molar-refractivity contribution is -0.154. The van der Waals surface area contributed by atoms with Crippen molar-refractivity contribution in [1.29, 1.82) is 0 Å². The number of carboxylic acids is 1. The van der Waals surface area contributed by atoms with Crippen LogP contribution in [0.2, 0.25) is 0 Å². The first-order chi connectivity index (χ1) is 15.9. The lowest BCUT2D eigenvalue weighted by Gasteiger charge is -2.29. The number of aliphatic carboxylic acids is 1. The average molecular weight is 480 g/mol. The normalized spacial score (nSPS) is 11.4. The van der Waals surface area contributed by atoms with Gasteiger partial charge in [-0.1, -0.05) is 13.0 Å². The smallest absolute Gasteiger partial charge is 0.311 e. The second kappa shape index (κ2) is 13.5. The molecule has 34 heavy (non-hydrogen) atoms. The first kappa shape index (κ1) is 28.9. The molecule has 0 aliphatic carbocycles. The maximum atomic E-state index is 12.2. The standard InChI is InChI=1S/C24H37N3O7/c1-6-19(28)26-12-13-27-21(30)17-8-7-9-18(14-17)33-15-20(29)25-11-10-24(4,5)34-16-23(2,3)22(31)32/h7-9,14H,6,10-13,15-16H2,1-5H3,(H,25,29)(H,26,28)(H,27,30)(H,31,32). The van der Waals surface area contributed by atoms with Gasteiger partial charge in [0.1, 0.15) is 5.75 Å². The monoisotopic (exact) mass is 479 g/mol. The van der Waals surface area contributed by atoms with Crippen LogP contribution in [-0.2, 0) is 19.1 Å². The molecule has 3 amide bonds. The van der Waals surface area contributed by atoms with Crippen LogP contribution < -0.4 is 20.7 Å². The molecule has 4 N–H and O–H groups in total. The quantitative estimate of drug-likeness (QED) is 0.281. The number of carbonyl (C=O) groups excluding carboxylic acids is 3. The molecule has 10 heteroatoms. The van der Waals surface area contributed by atoms with E-state index in [1.165, 1.54) is 6.07 Å². The Morgan fingerprint density at radius 2 is 1.59 bits per heavy atom. The van der Waals surface area contributed by atoms with E-state index in [1.54, 1.807) is 39.0 Å². The van der Waals surface area contributed by atoms with Crippen LogP contribution >= 0.6 is 0 Å². The molecule has 0 aliphatic rings. The number of ether oxygens (including phenoxy) is 2. The molecule has 1 aromatic rings. The van der Waals surface area contributed by atoms with Gasteiger partial charge in [-0.2, -0.15) is 0 Å². The van der Waals surface area contributed by atoms with Gasteiger partial charge in [-0.3, -0.25) is 19.2 Å². The van der Waals surface area contributed by atoms with Crippen molar-refractivity contribution >= 4 is 23.7 Å². The molecule has 0 aromatic heterocycles. The molecular weight excluding hydrogens is 442 g/mol. The highest BCUT2D eigenvalue weighted by Crippen LogP contribution is 2.22. The molecule has 0 fully saturated rings. The van der Waals surface area contributed by atoms with E-state index >= 15 is 0 Å². The maximum absolute atomic E-state index is 12.2. The van der Waals surface area contributed by atoms with Gasteiger partial charge in [0.05, 0.1) is 17.6 Å². The summed E-state index contributed by atoms with van der Waals surface area (Å²) >= 11 is 0. The molecule has 0 bridgehead atoms. The van der Waals surface area contributed by atoms with Crippen molar-refractivity contribution in [1.82, 2.24) is 16.0 Å². The zero-order chi connectivity index (χ0) is 25.8. The zero-order valence-corrected chi connectivity index (χ0v) is 20.7. The van der Waals surface area contributed by atoms with Crippen molar-refractivity contribution in [2.24, 2.45) is 5.41 Å². The van der Waals surface area contributed by atoms with Gasteiger partial charge in [-0.25, -0.2) is 0 Å². The second-order valence-electron chi connectivity index (χ2n) is 9.11. The molecule has 0 spiro atoms. The highest BCUT2D eigenvalue weighted by Gasteiger charge is 2.30. The SMILES string of the molecule is CCC(=O)NCCNC(=O)c1cccc(OCC(=O)NCCC(C)(C)OCC(C)(C)C(=O)O)c1. The Kier molecular flexibility index (Phi) is 11.5. The molecule has 1 aromatic carbocycles. The Labute approximate surface area is 200 Å². The summed E-state index contributed by atoms with van der Waals surface area (Å²) in [6.45, 7) is 9.42. The highest BCUT2D eigenvalue weighted by atomic mass is 16.5. The molecule has 1 rings (SSSR count). The van der Waals surface area contributed by atoms with Gasteiger partial charge in [0, 0.05) is 31.6 Å². The Balaban J connectivity index is 2.39. The van der Waals surface area contributed by atoms with Gasteiger partial charge in [0.2, 0.25) is 5.91 Å². The lowest BCUT2D eigenvalue weighted by Crippen LogP contribution is -2.38. The van der Waals surface area contributed by atoms with E-state index in [0.717, 1.165) is 0 Å². The van der Waals surface area contributed by atoms with Crippen molar-refractivity contribution < 1.29 is 33.8 Å². The highest BCUT2D eigenvalue weighted by molar-refractivity contribution is 5.94. The van der Waals surface area contributed by atoms with E-state index in [9.17, 15) is 24.3 Å². The Morgan fingerprint density at radius 1 is 0.941 bits per heavy atom. The Morgan fingerprint density at radius 3 is 2.24 bits per heavy atom. The third-order valence-corrected chi connectivity index (χ3v) is 4.97. The van der Waals surface area contributed by atoms with Gasteiger partial charge >= 0.3 is 5.97 Å². The van der Waals surface area contributed by atoms with Gasteiger partial charge in [-0.15, -0.1) is 0 Å². The minimum absolute atomic E-state index is 0.0592. The Bertz CT molecular complexity index is 853. The maximum Gasteiger partial charge on any atom is 0.311 e. The first-order valence-electron chi connectivity index (χ1n) is 11.3. The summed E-state index contributed by atoms with van der Waals surface area (Å²) in [5.41, 5.74) is -1.23. The van der Waals surface area contributed by atoms with Crippen molar-refractivity contribution in [3.8, 4) is 5.75 Å². The molecule has 0 saturated carbocycles. The number of nitrogens with one attached hydrogen (secondary N) is 3. The van der Waals surface area contributed by atoms with E-state index in [0.29, 0.717) is 43.8 Å². The van der Waals surface area contributed by atoms with E-state index in [-0.39, 0.29) is 30.9 Å². The summed E-state index contributed by atoms with van der Waals surface area (Å²) in [5.74, 6) is -1.28. The average Bonchev–Trinajstić information content (AvgIpc) is 2.79. The number of amides is 3. The molecule has 0 atom stereocenters. The predicted molar refractivity (Wildman–Crippen MR) is 127 cm³/mol. The fraction of sp³-hybridized carbons (Fsp3) is 0.583. The van der Waals surface area contributed by atoms with Gasteiger partial charge in [0.25, 0.3) is 11.8 Å². The van der Waals surface area contributed by atoms with E-state index < -0.39 is 17.0 Å². The fourth-order valence-corrected chi connectivity index (χ4v) is 2.54. The van der Waals surface area contributed by atoms with Gasteiger partial charge in [0.15, 0.2) is 6.61 Å². The van der Waals surface area contributed by atoms with E-state index in [2.05, 4.69) is 16.0 Å². The molecule has 190 valence electrons. The number of hydrogen-bond donors (Lipinski definition) is 4. The number of rotatable bonds is 15. The van der Waals surface area contributed by atoms with Crippen LogP contribution in [0.4, 0.5) is 0 Å². The first-order valence-corrected chi connectivity index (χ1v) is 11.3. The molecular formula is C24H37N3O7. The van der Waals surface area contributed by atoms with Crippen LogP contribution in [0.1, 0.15) is 57.8 Å². The van der Waals surface area contributed by atoms with Crippen molar-refractivity contribution in [2.45, 2.75) is 53.1 Å². The molecule has 0 heterocycles. The summed E-state index contributed by atoms with van der Waals surface area (Å²) in [7, 11) is 0. The van der Waals surface area contributed by atoms with Crippen LogP contribution in [0.25, 0.3) is 0 Å². The summed E-state index contributed by atoms with van der Waals surface area (Å²) in [6.07, 6.45) is 0.875. The summed E-state index contributed by atoms with van der Waals surface area (Å²) in [6, 6.07) is 6.46. The number of hydrogen-bond acceptors (Lipinski definition) is 6. The lowest BCUT2D eigenvalue weighted by atomic mass is 9.94. The van der Waals surface area contributed by atoms with Crippen LogP contribution in [0.3, 0.4) is 0 Å². The second-order valence-corrected chi connectivity index (χ2v) is 9.11. The van der Waals surface area contributed by atoms with E-state index in [1.807, 2.05) is 13.8 Å². The fourth-order valence-electron chi connectivity index (χ4n) is 2.54. The van der Waals surface area contributed by atoms with Gasteiger partial charge in [-0.05, 0) is 52.3 Å². The molecule has 10 nitrogen and oxygen atoms in total. The van der Waals surface area contributed by atoms with Crippen LogP contribution in [0.15, 0.2) is 24.3 Å².